The maximum absolute atomic E-state index is 13.7. The van der Waals surface area contributed by atoms with Crippen molar-refractivity contribution in [2.45, 2.75) is 71.3 Å². The van der Waals surface area contributed by atoms with Gasteiger partial charge in [-0.1, -0.05) is 51.5 Å². The van der Waals surface area contributed by atoms with Crippen LogP contribution in [0, 0.1) is 18.7 Å². The van der Waals surface area contributed by atoms with Gasteiger partial charge in [0.1, 0.15) is 5.82 Å². The largest absolute Gasteiger partial charge is 0.310 e. The Labute approximate surface area is 129 Å². The standard InChI is InChI=1S/C19H30FN/c1-3-10-21-19(13-16-8-6-4-5-7-9-16)17-11-15(2)12-18(20)14-17/h11-12,14,16,19,21H,3-10,13H2,1-2H3. The van der Waals surface area contributed by atoms with E-state index >= 15 is 0 Å². The molecule has 1 aromatic rings. The number of nitrogens with one attached hydrogen (secondary N) is 1. The molecule has 1 fully saturated rings. The zero-order chi connectivity index (χ0) is 15.1. The second kappa shape index (κ2) is 8.53. The van der Waals surface area contributed by atoms with Crippen molar-refractivity contribution >= 4 is 0 Å². The predicted octanol–water partition coefficient (Wildman–Crippen LogP) is 5.54. The molecule has 0 radical (unpaired) electrons. The van der Waals surface area contributed by atoms with Gasteiger partial charge in [-0.3, -0.25) is 0 Å². The first-order valence-corrected chi connectivity index (χ1v) is 8.69. The monoisotopic (exact) mass is 291 g/mol. The minimum atomic E-state index is -0.103. The van der Waals surface area contributed by atoms with Gasteiger partial charge in [-0.15, -0.1) is 0 Å². The van der Waals surface area contributed by atoms with Crippen LogP contribution in [-0.4, -0.2) is 6.54 Å². The summed E-state index contributed by atoms with van der Waals surface area (Å²) in [6.07, 6.45) is 10.5. The van der Waals surface area contributed by atoms with Crippen LogP contribution in [0.25, 0.3) is 0 Å². The third-order valence-electron chi connectivity index (χ3n) is 4.65. The number of aryl methyl sites for hydroxylation is 1. The maximum atomic E-state index is 13.7. The molecule has 1 N–H and O–H groups in total. The van der Waals surface area contributed by atoms with Crippen LogP contribution in [0.1, 0.15) is 75.5 Å². The lowest BCUT2D eigenvalue weighted by Crippen LogP contribution is -2.24. The van der Waals surface area contributed by atoms with E-state index in [1.807, 2.05) is 6.92 Å². The average molecular weight is 291 g/mol. The molecule has 1 aromatic carbocycles. The van der Waals surface area contributed by atoms with Crippen molar-refractivity contribution in [1.29, 1.82) is 0 Å². The molecule has 118 valence electrons. The molecule has 0 aliphatic heterocycles. The van der Waals surface area contributed by atoms with Crippen molar-refractivity contribution < 1.29 is 4.39 Å². The Hall–Kier alpha value is -0.890. The van der Waals surface area contributed by atoms with Crippen LogP contribution in [0.15, 0.2) is 18.2 Å². The van der Waals surface area contributed by atoms with Gasteiger partial charge in [-0.2, -0.15) is 0 Å². The molecule has 1 saturated carbocycles. The molecular formula is C19H30FN. The second-order valence-corrected chi connectivity index (χ2v) is 6.66. The molecule has 0 bridgehead atoms. The number of hydrogen-bond donors (Lipinski definition) is 1. The Kier molecular flexibility index (Phi) is 6.69. The molecule has 21 heavy (non-hydrogen) atoms. The Morgan fingerprint density at radius 2 is 1.86 bits per heavy atom. The fourth-order valence-electron chi connectivity index (χ4n) is 3.55. The van der Waals surface area contributed by atoms with Crippen molar-refractivity contribution in [2.24, 2.45) is 5.92 Å². The number of hydrogen-bond acceptors (Lipinski definition) is 1. The van der Waals surface area contributed by atoms with Crippen LogP contribution in [0.2, 0.25) is 0 Å². The number of halogens is 1. The van der Waals surface area contributed by atoms with Crippen molar-refractivity contribution in [3.8, 4) is 0 Å². The first kappa shape index (κ1) is 16.5. The first-order valence-electron chi connectivity index (χ1n) is 8.69. The van der Waals surface area contributed by atoms with E-state index in [4.69, 9.17) is 0 Å². The first-order chi connectivity index (χ1) is 10.2. The van der Waals surface area contributed by atoms with E-state index in [1.54, 1.807) is 12.1 Å². The minimum absolute atomic E-state index is 0.103. The Morgan fingerprint density at radius 1 is 1.14 bits per heavy atom. The van der Waals surface area contributed by atoms with E-state index in [0.29, 0.717) is 6.04 Å². The SMILES string of the molecule is CCCNC(CC1CCCCCC1)c1cc(C)cc(F)c1. The highest BCUT2D eigenvalue weighted by Gasteiger charge is 2.19. The highest BCUT2D eigenvalue weighted by Crippen LogP contribution is 2.31. The summed E-state index contributed by atoms with van der Waals surface area (Å²) in [4.78, 5) is 0. The second-order valence-electron chi connectivity index (χ2n) is 6.66. The summed E-state index contributed by atoms with van der Waals surface area (Å²) in [5.41, 5.74) is 2.15. The van der Waals surface area contributed by atoms with Crippen LogP contribution in [-0.2, 0) is 0 Å². The normalized spacial score (nSPS) is 18.4. The zero-order valence-corrected chi connectivity index (χ0v) is 13.6. The van der Waals surface area contributed by atoms with E-state index in [9.17, 15) is 4.39 Å². The van der Waals surface area contributed by atoms with Gasteiger partial charge >= 0.3 is 0 Å². The smallest absolute Gasteiger partial charge is 0.123 e. The summed E-state index contributed by atoms with van der Waals surface area (Å²) in [6.45, 7) is 5.18. The molecule has 0 amide bonds. The summed E-state index contributed by atoms with van der Waals surface area (Å²) in [6, 6.07) is 5.79. The molecule has 1 nitrogen and oxygen atoms in total. The van der Waals surface area contributed by atoms with Crippen LogP contribution in [0.5, 0.6) is 0 Å². The van der Waals surface area contributed by atoms with Gasteiger partial charge < -0.3 is 5.32 Å². The van der Waals surface area contributed by atoms with Gasteiger partial charge in [-0.05, 0) is 55.5 Å². The fourth-order valence-corrected chi connectivity index (χ4v) is 3.55. The van der Waals surface area contributed by atoms with Gasteiger partial charge in [0, 0.05) is 6.04 Å². The molecule has 2 rings (SSSR count). The van der Waals surface area contributed by atoms with Gasteiger partial charge in [-0.25, -0.2) is 4.39 Å². The summed E-state index contributed by atoms with van der Waals surface area (Å²) < 4.78 is 13.7. The lowest BCUT2D eigenvalue weighted by atomic mass is 9.89. The van der Waals surface area contributed by atoms with Crippen LogP contribution in [0.3, 0.4) is 0 Å². The lowest BCUT2D eigenvalue weighted by Gasteiger charge is -2.24. The van der Waals surface area contributed by atoms with Gasteiger partial charge in [0.15, 0.2) is 0 Å². The lowest BCUT2D eigenvalue weighted by molar-refractivity contribution is 0.355. The molecular weight excluding hydrogens is 261 g/mol. The number of rotatable bonds is 6. The van der Waals surface area contributed by atoms with Crippen molar-refractivity contribution in [3.05, 3.63) is 35.1 Å². The molecule has 1 unspecified atom stereocenters. The zero-order valence-electron chi connectivity index (χ0n) is 13.6. The highest BCUT2D eigenvalue weighted by atomic mass is 19.1. The summed E-state index contributed by atoms with van der Waals surface area (Å²) >= 11 is 0. The average Bonchev–Trinajstić information content (AvgIpc) is 2.71. The number of benzene rings is 1. The molecule has 0 heterocycles. The maximum Gasteiger partial charge on any atom is 0.123 e. The van der Waals surface area contributed by atoms with E-state index in [2.05, 4.69) is 18.3 Å². The Balaban J connectivity index is 2.08. The van der Waals surface area contributed by atoms with Crippen LogP contribution in [0.4, 0.5) is 4.39 Å². The fraction of sp³-hybridized carbons (Fsp3) is 0.684. The van der Waals surface area contributed by atoms with E-state index in [-0.39, 0.29) is 5.82 Å². The minimum Gasteiger partial charge on any atom is -0.310 e. The molecule has 2 heteroatoms. The van der Waals surface area contributed by atoms with Gasteiger partial charge in [0.25, 0.3) is 0 Å². The molecule has 1 aliphatic carbocycles. The summed E-state index contributed by atoms with van der Waals surface area (Å²) in [5, 5.41) is 3.64. The summed E-state index contributed by atoms with van der Waals surface area (Å²) in [7, 11) is 0. The Morgan fingerprint density at radius 3 is 2.48 bits per heavy atom. The molecule has 1 aliphatic rings. The van der Waals surface area contributed by atoms with E-state index in [1.165, 1.54) is 38.5 Å². The Bertz CT molecular complexity index is 401. The summed E-state index contributed by atoms with van der Waals surface area (Å²) in [5.74, 6) is 0.694. The predicted molar refractivity (Wildman–Crippen MR) is 88.0 cm³/mol. The molecule has 0 spiro atoms. The van der Waals surface area contributed by atoms with Crippen LogP contribution < -0.4 is 5.32 Å². The van der Waals surface area contributed by atoms with E-state index < -0.39 is 0 Å². The third kappa shape index (κ3) is 5.43. The molecule has 0 aromatic heterocycles. The van der Waals surface area contributed by atoms with Gasteiger partial charge in [0.2, 0.25) is 0 Å². The van der Waals surface area contributed by atoms with Gasteiger partial charge in [0.05, 0.1) is 0 Å². The van der Waals surface area contributed by atoms with Crippen molar-refractivity contribution in [2.75, 3.05) is 6.54 Å². The van der Waals surface area contributed by atoms with Crippen LogP contribution >= 0.6 is 0 Å². The topological polar surface area (TPSA) is 12.0 Å². The van der Waals surface area contributed by atoms with Crippen molar-refractivity contribution in [1.82, 2.24) is 5.32 Å². The van der Waals surface area contributed by atoms with E-state index in [0.717, 1.165) is 36.4 Å². The molecule has 1 atom stereocenters. The quantitative estimate of drug-likeness (QED) is 0.679. The highest BCUT2D eigenvalue weighted by molar-refractivity contribution is 5.26. The molecule has 0 saturated heterocycles. The van der Waals surface area contributed by atoms with Crippen molar-refractivity contribution in [3.63, 3.8) is 0 Å². The third-order valence-corrected chi connectivity index (χ3v) is 4.65.